The summed E-state index contributed by atoms with van der Waals surface area (Å²) in [7, 11) is 0. The minimum absolute atomic E-state index is 0.615. The Morgan fingerprint density at radius 2 is 2.07 bits per heavy atom. The number of benzene rings is 1. The number of rotatable bonds is 4. The van der Waals surface area contributed by atoms with Crippen molar-refractivity contribution in [1.29, 1.82) is 0 Å². The van der Waals surface area contributed by atoms with Gasteiger partial charge in [-0.05, 0) is 42.5 Å². The Hall–Kier alpha value is -0.540. The summed E-state index contributed by atoms with van der Waals surface area (Å²) in [6.07, 6.45) is 2.20. The second-order valence-corrected chi connectivity index (χ2v) is 4.54. The number of unbranched alkanes of at least 4 members (excludes halogenated alkanes) is 1. The van der Waals surface area contributed by atoms with Crippen molar-refractivity contribution in [2.24, 2.45) is 0 Å². The van der Waals surface area contributed by atoms with Gasteiger partial charge in [0.2, 0.25) is 4.38 Å². The first kappa shape index (κ1) is 11.5. The van der Waals surface area contributed by atoms with Crippen molar-refractivity contribution in [3.8, 4) is 0 Å². The molecule has 0 radical (unpaired) electrons. The molecule has 0 unspecified atom stereocenters. The molecule has 0 aliphatic carbocycles. The number of ether oxygens (including phenoxy) is 1. The minimum atomic E-state index is 0.615. The molecule has 0 N–H and O–H groups in total. The molecule has 0 amide bonds. The van der Waals surface area contributed by atoms with Gasteiger partial charge < -0.3 is 4.74 Å². The highest BCUT2D eigenvalue weighted by Crippen LogP contribution is 2.19. The summed E-state index contributed by atoms with van der Waals surface area (Å²) in [6, 6.07) is 10.0. The van der Waals surface area contributed by atoms with Crippen LogP contribution in [0.4, 0.5) is 0 Å². The normalized spacial score (nSPS) is 9.79. The maximum Gasteiger partial charge on any atom is 0.224 e. The molecule has 76 valence electrons. The molecule has 0 saturated carbocycles. The molecule has 14 heavy (non-hydrogen) atoms. The molecule has 0 bridgehead atoms. The second kappa shape index (κ2) is 6.85. The van der Waals surface area contributed by atoms with Gasteiger partial charge in [0.25, 0.3) is 0 Å². The van der Waals surface area contributed by atoms with Gasteiger partial charge in [-0.3, -0.25) is 0 Å². The van der Waals surface area contributed by atoms with Crippen LogP contribution in [-0.2, 0) is 4.74 Å². The van der Waals surface area contributed by atoms with Crippen molar-refractivity contribution in [3.05, 3.63) is 30.3 Å². The van der Waals surface area contributed by atoms with Crippen molar-refractivity contribution in [2.45, 2.75) is 24.7 Å². The van der Waals surface area contributed by atoms with E-state index in [1.54, 1.807) is 0 Å². The van der Waals surface area contributed by atoms with Crippen molar-refractivity contribution >= 4 is 28.4 Å². The molecule has 1 aromatic carbocycles. The quantitative estimate of drug-likeness (QED) is 0.438. The molecule has 0 spiro atoms. The standard InChI is InChI=1S/C11H14OS2/c1-2-3-9-12-11(13)14-10-7-5-4-6-8-10/h4-8H,2-3,9H2,1H3. The Bertz CT molecular complexity index is 272. The summed E-state index contributed by atoms with van der Waals surface area (Å²) in [5.74, 6) is 0. The van der Waals surface area contributed by atoms with Gasteiger partial charge in [0.15, 0.2) is 0 Å². The van der Waals surface area contributed by atoms with Crippen LogP contribution in [0, 0.1) is 0 Å². The Morgan fingerprint density at radius 3 is 2.71 bits per heavy atom. The average Bonchev–Trinajstić information content (AvgIpc) is 2.20. The van der Waals surface area contributed by atoms with Gasteiger partial charge in [-0.1, -0.05) is 31.5 Å². The smallest absolute Gasteiger partial charge is 0.224 e. The van der Waals surface area contributed by atoms with Crippen molar-refractivity contribution in [2.75, 3.05) is 6.61 Å². The molecule has 0 aromatic heterocycles. The molecule has 0 saturated heterocycles. The lowest BCUT2D eigenvalue weighted by atomic mass is 10.4. The first-order valence-corrected chi connectivity index (χ1v) is 5.95. The van der Waals surface area contributed by atoms with Crippen LogP contribution in [0.3, 0.4) is 0 Å². The summed E-state index contributed by atoms with van der Waals surface area (Å²) in [6.45, 7) is 2.87. The van der Waals surface area contributed by atoms with E-state index < -0.39 is 0 Å². The maximum atomic E-state index is 5.38. The van der Waals surface area contributed by atoms with Gasteiger partial charge in [-0.15, -0.1) is 0 Å². The predicted octanol–water partition coefficient (Wildman–Crippen LogP) is 3.88. The largest absolute Gasteiger partial charge is 0.478 e. The number of hydrogen-bond acceptors (Lipinski definition) is 3. The summed E-state index contributed by atoms with van der Waals surface area (Å²) in [4.78, 5) is 1.13. The van der Waals surface area contributed by atoms with Gasteiger partial charge in [0, 0.05) is 4.90 Å². The Kier molecular flexibility index (Phi) is 5.64. The highest BCUT2D eigenvalue weighted by Gasteiger charge is 1.99. The van der Waals surface area contributed by atoms with E-state index in [9.17, 15) is 0 Å². The lowest BCUT2D eigenvalue weighted by Crippen LogP contribution is -1.98. The van der Waals surface area contributed by atoms with Crippen LogP contribution in [0.5, 0.6) is 0 Å². The van der Waals surface area contributed by atoms with Crippen LogP contribution >= 0.6 is 24.0 Å². The van der Waals surface area contributed by atoms with Crippen LogP contribution in [0.25, 0.3) is 0 Å². The zero-order valence-corrected chi connectivity index (χ0v) is 9.87. The minimum Gasteiger partial charge on any atom is -0.478 e. The Labute approximate surface area is 94.9 Å². The summed E-state index contributed by atoms with van der Waals surface area (Å²) in [5, 5.41) is 0. The second-order valence-electron chi connectivity index (χ2n) is 2.87. The maximum absolute atomic E-state index is 5.38. The fourth-order valence-electron chi connectivity index (χ4n) is 0.914. The van der Waals surface area contributed by atoms with E-state index in [0.29, 0.717) is 4.38 Å². The average molecular weight is 226 g/mol. The monoisotopic (exact) mass is 226 g/mol. The fourth-order valence-corrected chi connectivity index (χ4v) is 1.91. The molecule has 0 aliphatic heterocycles. The zero-order valence-electron chi connectivity index (χ0n) is 8.23. The van der Waals surface area contributed by atoms with E-state index in [0.717, 1.165) is 24.3 Å². The molecule has 0 atom stereocenters. The molecular formula is C11H14OS2. The highest BCUT2D eigenvalue weighted by atomic mass is 32.2. The van der Waals surface area contributed by atoms with E-state index in [1.165, 1.54) is 11.8 Å². The van der Waals surface area contributed by atoms with Crippen molar-refractivity contribution in [1.82, 2.24) is 0 Å². The van der Waals surface area contributed by atoms with Gasteiger partial charge in [0.1, 0.15) is 0 Å². The topological polar surface area (TPSA) is 9.23 Å². The van der Waals surface area contributed by atoms with Crippen LogP contribution in [-0.4, -0.2) is 11.0 Å². The lowest BCUT2D eigenvalue weighted by molar-refractivity contribution is 0.313. The fraction of sp³-hybridized carbons (Fsp3) is 0.364. The molecule has 0 heterocycles. The summed E-state index contributed by atoms with van der Waals surface area (Å²) < 4.78 is 6.00. The number of thiocarbonyl (C=S) groups is 1. The SMILES string of the molecule is CCCCOC(=S)Sc1ccccc1. The third-order valence-electron chi connectivity index (χ3n) is 1.66. The predicted molar refractivity (Wildman–Crippen MR) is 65.8 cm³/mol. The Morgan fingerprint density at radius 1 is 1.36 bits per heavy atom. The van der Waals surface area contributed by atoms with Crippen LogP contribution < -0.4 is 0 Å². The number of hydrogen-bond donors (Lipinski definition) is 0. The van der Waals surface area contributed by atoms with Gasteiger partial charge in [0.05, 0.1) is 6.61 Å². The molecule has 0 aliphatic rings. The Balaban J connectivity index is 2.27. The highest BCUT2D eigenvalue weighted by molar-refractivity contribution is 8.22. The third kappa shape index (κ3) is 4.63. The summed E-state index contributed by atoms with van der Waals surface area (Å²) >= 11 is 6.59. The van der Waals surface area contributed by atoms with E-state index >= 15 is 0 Å². The third-order valence-corrected chi connectivity index (χ3v) is 2.82. The van der Waals surface area contributed by atoms with E-state index in [-0.39, 0.29) is 0 Å². The van der Waals surface area contributed by atoms with Crippen molar-refractivity contribution in [3.63, 3.8) is 0 Å². The molecule has 3 heteroatoms. The van der Waals surface area contributed by atoms with Crippen LogP contribution in [0.2, 0.25) is 0 Å². The lowest BCUT2D eigenvalue weighted by Gasteiger charge is -2.05. The molecule has 1 nitrogen and oxygen atoms in total. The van der Waals surface area contributed by atoms with Gasteiger partial charge in [-0.25, -0.2) is 0 Å². The van der Waals surface area contributed by atoms with Gasteiger partial charge in [-0.2, -0.15) is 0 Å². The first-order valence-electron chi connectivity index (χ1n) is 4.72. The molecule has 0 fully saturated rings. The van der Waals surface area contributed by atoms with E-state index in [4.69, 9.17) is 17.0 Å². The summed E-state index contributed by atoms with van der Waals surface area (Å²) in [5.41, 5.74) is 0. The van der Waals surface area contributed by atoms with E-state index in [2.05, 4.69) is 6.92 Å². The molecular weight excluding hydrogens is 212 g/mol. The van der Waals surface area contributed by atoms with Crippen LogP contribution in [0.15, 0.2) is 35.2 Å². The first-order chi connectivity index (χ1) is 6.83. The van der Waals surface area contributed by atoms with Crippen LogP contribution in [0.1, 0.15) is 19.8 Å². The van der Waals surface area contributed by atoms with Gasteiger partial charge >= 0.3 is 0 Å². The molecule has 1 aromatic rings. The zero-order chi connectivity index (χ0) is 10.2. The van der Waals surface area contributed by atoms with Crippen molar-refractivity contribution < 1.29 is 4.74 Å². The number of thioether (sulfide) groups is 1. The molecule has 1 rings (SSSR count). The van der Waals surface area contributed by atoms with E-state index in [1.807, 2.05) is 30.3 Å².